The van der Waals surface area contributed by atoms with Crippen LogP contribution in [0.4, 0.5) is 0 Å². The van der Waals surface area contributed by atoms with Gasteiger partial charge < -0.3 is 14.3 Å². The molecule has 0 radical (unpaired) electrons. The van der Waals surface area contributed by atoms with Crippen LogP contribution in [0.1, 0.15) is 19.8 Å². The Morgan fingerprint density at radius 1 is 0.903 bits per heavy atom. The minimum Gasteiger partial charge on any atom is -0.402 e. The van der Waals surface area contributed by atoms with Crippen LogP contribution in [0.2, 0.25) is 0 Å². The molecule has 3 nitrogen and oxygen atoms in total. The largest absolute Gasteiger partial charge is 0.402 e. The van der Waals surface area contributed by atoms with Gasteiger partial charge in [0.05, 0.1) is 18.8 Å². The van der Waals surface area contributed by atoms with Crippen LogP contribution in [-0.4, -0.2) is 37.8 Å². The molecular weight excluding hydrogens is 400 g/mol. The normalized spacial score (nSPS) is 20.7. The van der Waals surface area contributed by atoms with E-state index in [9.17, 15) is 5.11 Å². The van der Waals surface area contributed by atoms with Gasteiger partial charge in [0.1, 0.15) is 5.60 Å². The second kappa shape index (κ2) is 9.21. The van der Waals surface area contributed by atoms with Crippen LogP contribution < -0.4 is 15.6 Å². The molecule has 0 aliphatic carbocycles. The summed E-state index contributed by atoms with van der Waals surface area (Å²) in [5.41, 5.74) is -1.26. The smallest absolute Gasteiger partial charge is 0.288 e. The molecule has 1 fully saturated rings. The molecule has 1 saturated heterocycles. The fraction of sp³-hybridized carbons (Fsp3) is 0.259. The van der Waals surface area contributed by atoms with E-state index >= 15 is 0 Å². The van der Waals surface area contributed by atoms with Gasteiger partial charge >= 0.3 is 0 Å². The highest BCUT2D eigenvalue weighted by Gasteiger charge is 2.44. The summed E-state index contributed by atoms with van der Waals surface area (Å²) in [5, 5.41) is 14.0. The highest BCUT2D eigenvalue weighted by atomic mass is 28.4. The zero-order valence-corrected chi connectivity index (χ0v) is 18.8. The van der Waals surface area contributed by atoms with E-state index in [2.05, 4.69) is 78.7 Å². The van der Waals surface area contributed by atoms with Crippen molar-refractivity contribution in [2.45, 2.75) is 37.6 Å². The average Bonchev–Trinajstić information content (AvgIpc) is 3.32. The third-order valence-corrected chi connectivity index (χ3v) is 10.1. The van der Waals surface area contributed by atoms with E-state index in [4.69, 9.17) is 15.6 Å². The zero-order valence-electron chi connectivity index (χ0n) is 17.8. The van der Waals surface area contributed by atoms with Crippen LogP contribution in [0.5, 0.6) is 0 Å². The van der Waals surface area contributed by atoms with Gasteiger partial charge in [0, 0.05) is 0 Å². The lowest BCUT2D eigenvalue weighted by Crippen LogP contribution is -2.69. The van der Waals surface area contributed by atoms with E-state index in [-0.39, 0.29) is 12.2 Å². The standard InChI is InChI=1S/C27H28O3Si/c1-3-27(2,28)26-20-19-22(30-26)21-29-31(23-13-7-4-8-14-23,24-15-9-5-10-16-24)25-17-11-6-12-18-25/h1,4-18,22,26,28H,19-21H2,2H3/t22-,26+,27+/m0/s1. The van der Waals surface area contributed by atoms with Crippen molar-refractivity contribution in [1.29, 1.82) is 0 Å². The summed E-state index contributed by atoms with van der Waals surface area (Å²) in [4.78, 5) is 0. The molecule has 4 rings (SSSR count). The first-order valence-electron chi connectivity index (χ1n) is 10.7. The number of hydrogen-bond donors (Lipinski definition) is 1. The summed E-state index contributed by atoms with van der Waals surface area (Å²) in [5.74, 6) is 2.45. The minimum atomic E-state index is -2.75. The summed E-state index contributed by atoms with van der Waals surface area (Å²) in [6.45, 7) is 2.08. The topological polar surface area (TPSA) is 38.7 Å². The lowest BCUT2D eigenvalue weighted by Gasteiger charge is -2.34. The summed E-state index contributed by atoms with van der Waals surface area (Å²) in [7, 11) is -2.75. The van der Waals surface area contributed by atoms with Crippen molar-refractivity contribution in [1.82, 2.24) is 0 Å². The number of benzene rings is 3. The highest BCUT2D eigenvalue weighted by molar-refractivity contribution is 7.07. The molecule has 158 valence electrons. The monoisotopic (exact) mass is 428 g/mol. The van der Waals surface area contributed by atoms with Gasteiger partial charge in [0.25, 0.3) is 8.32 Å². The molecule has 0 spiro atoms. The molecule has 1 aliphatic rings. The molecule has 0 bridgehead atoms. The molecule has 0 amide bonds. The van der Waals surface area contributed by atoms with Crippen molar-refractivity contribution in [3.05, 3.63) is 91.0 Å². The number of ether oxygens (including phenoxy) is 1. The molecule has 0 aromatic heterocycles. The third-order valence-electron chi connectivity index (χ3n) is 6.05. The van der Waals surface area contributed by atoms with Crippen LogP contribution in [-0.2, 0) is 9.16 Å². The van der Waals surface area contributed by atoms with Gasteiger partial charge in [-0.1, -0.05) is 96.9 Å². The van der Waals surface area contributed by atoms with E-state index in [1.54, 1.807) is 6.92 Å². The van der Waals surface area contributed by atoms with Crippen molar-refractivity contribution in [3.63, 3.8) is 0 Å². The van der Waals surface area contributed by atoms with Crippen LogP contribution in [0.25, 0.3) is 0 Å². The number of aliphatic hydroxyl groups is 1. The fourth-order valence-electron chi connectivity index (χ4n) is 4.32. The Hall–Kier alpha value is -2.68. The molecule has 1 heterocycles. The lowest BCUT2D eigenvalue weighted by molar-refractivity contribution is -0.0700. The van der Waals surface area contributed by atoms with E-state index < -0.39 is 13.9 Å². The maximum atomic E-state index is 10.4. The Bertz CT molecular complexity index is 916. The summed E-state index contributed by atoms with van der Waals surface area (Å²) in [6, 6.07) is 31.5. The van der Waals surface area contributed by atoms with E-state index in [0.717, 1.165) is 12.8 Å². The Morgan fingerprint density at radius 3 is 1.77 bits per heavy atom. The van der Waals surface area contributed by atoms with E-state index in [0.29, 0.717) is 6.61 Å². The number of terminal acetylenes is 1. The Morgan fingerprint density at radius 2 is 1.35 bits per heavy atom. The molecule has 1 aliphatic heterocycles. The van der Waals surface area contributed by atoms with E-state index in [1.165, 1.54) is 15.6 Å². The number of rotatable bonds is 7. The van der Waals surface area contributed by atoms with E-state index in [1.807, 2.05) is 18.2 Å². The average molecular weight is 429 g/mol. The molecule has 4 heteroatoms. The van der Waals surface area contributed by atoms with Crippen LogP contribution in [0.3, 0.4) is 0 Å². The Balaban J connectivity index is 1.71. The van der Waals surface area contributed by atoms with Crippen LogP contribution in [0, 0.1) is 12.3 Å². The van der Waals surface area contributed by atoms with Gasteiger partial charge in [-0.25, -0.2) is 0 Å². The van der Waals surface area contributed by atoms with Crippen LogP contribution >= 0.6 is 0 Å². The quantitative estimate of drug-likeness (QED) is 0.357. The first kappa shape index (κ1) is 21.5. The van der Waals surface area contributed by atoms with Gasteiger partial charge in [-0.3, -0.25) is 0 Å². The van der Waals surface area contributed by atoms with Crippen molar-refractivity contribution in [2.75, 3.05) is 6.61 Å². The van der Waals surface area contributed by atoms with Gasteiger partial charge in [0.15, 0.2) is 0 Å². The summed E-state index contributed by atoms with van der Waals surface area (Å²) >= 11 is 0. The second-order valence-electron chi connectivity index (χ2n) is 8.21. The van der Waals surface area contributed by atoms with Crippen molar-refractivity contribution < 1.29 is 14.3 Å². The number of hydrogen-bond acceptors (Lipinski definition) is 3. The maximum absolute atomic E-state index is 10.4. The van der Waals surface area contributed by atoms with Crippen molar-refractivity contribution in [2.24, 2.45) is 0 Å². The lowest BCUT2D eigenvalue weighted by atomic mass is 9.98. The van der Waals surface area contributed by atoms with Gasteiger partial charge in [-0.05, 0) is 35.3 Å². The zero-order chi connectivity index (χ0) is 21.7. The predicted octanol–water partition coefficient (Wildman–Crippen LogP) is 2.60. The van der Waals surface area contributed by atoms with Crippen molar-refractivity contribution in [3.8, 4) is 12.3 Å². The minimum absolute atomic E-state index is 0.104. The van der Waals surface area contributed by atoms with Gasteiger partial charge in [-0.2, -0.15) is 0 Å². The summed E-state index contributed by atoms with van der Waals surface area (Å²) < 4.78 is 13.1. The Kier molecular flexibility index (Phi) is 6.40. The molecule has 31 heavy (non-hydrogen) atoms. The second-order valence-corrected chi connectivity index (χ2v) is 11.6. The van der Waals surface area contributed by atoms with Crippen molar-refractivity contribution >= 4 is 23.9 Å². The highest BCUT2D eigenvalue weighted by Crippen LogP contribution is 2.28. The maximum Gasteiger partial charge on any atom is 0.288 e. The summed E-state index contributed by atoms with van der Waals surface area (Å²) in [6.07, 6.45) is 6.56. The van der Waals surface area contributed by atoms with Gasteiger partial charge in [0.2, 0.25) is 0 Å². The van der Waals surface area contributed by atoms with Crippen LogP contribution in [0.15, 0.2) is 91.0 Å². The molecule has 1 N–H and O–H groups in total. The predicted molar refractivity (Wildman–Crippen MR) is 127 cm³/mol. The molecule has 0 unspecified atom stereocenters. The first-order valence-corrected chi connectivity index (χ1v) is 12.6. The van der Waals surface area contributed by atoms with Gasteiger partial charge in [-0.15, -0.1) is 6.42 Å². The molecule has 3 atom stereocenters. The Labute approximate surface area is 185 Å². The SMILES string of the molecule is C#C[C@@](C)(O)[C@H]1CC[C@@H](CO[Si](c2ccccc2)(c2ccccc2)c2ccccc2)O1. The molecular formula is C27H28O3Si. The molecule has 3 aromatic rings. The fourth-order valence-corrected chi connectivity index (χ4v) is 8.24. The first-order chi connectivity index (χ1) is 15.1. The molecule has 3 aromatic carbocycles. The third kappa shape index (κ3) is 4.37. The molecule has 0 saturated carbocycles.